The Kier molecular flexibility index (Phi) is 4.67. The predicted octanol–water partition coefficient (Wildman–Crippen LogP) is 1.44. The van der Waals surface area contributed by atoms with E-state index in [1.54, 1.807) is 4.31 Å². The van der Waals surface area contributed by atoms with Gasteiger partial charge in [0.1, 0.15) is 0 Å². The number of hydrogen-bond donors (Lipinski definition) is 1. The highest BCUT2D eigenvalue weighted by molar-refractivity contribution is 7.89. The van der Waals surface area contributed by atoms with Crippen LogP contribution >= 0.6 is 0 Å². The van der Waals surface area contributed by atoms with Crippen LogP contribution in [-0.2, 0) is 10.0 Å². The summed E-state index contributed by atoms with van der Waals surface area (Å²) in [6.07, 6.45) is 4.01. The fourth-order valence-corrected chi connectivity index (χ4v) is 5.38. The Balaban J connectivity index is 1.97. The van der Waals surface area contributed by atoms with E-state index in [0.717, 1.165) is 45.3 Å². The number of rotatable bonds is 3. The van der Waals surface area contributed by atoms with Crippen LogP contribution in [0.2, 0.25) is 0 Å². The number of piperidine rings is 2. The average molecular weight is 274 g/mol. The van der Waals surface area contributed by atoms with Gasteiger partial charge in [-0.1, -0.05) is 6.92 Å². The van der Waals surface area contributed by atoms with E-state index in [4.69, 9.17) is 0 Å². The zero-order chi connectivity index (χ0) is 13.2. The lowest BCUT2D eigenvalue weighted by Gasteiger charge is -2.36. The monoisotopic (exact) mass is 274 g/mol. The minimum Gasteiger partial charge on any atom is -0.317 e. The normalized spacial score (nSPS) is 32.6. The molecule has 18 heavy (non-hydrogen) atoms. The maximum Gasteiger partial charge on any atom is 0.214 e. The van der Waals surface area contributed by atoms with Crippen LogP contribution in [-0.4, -0.2) is 44.2 Å². The zero-order valence-corrected chi connectivity index (χ0v) is 12.4. The molecule has 4 nitrogen and oxygen atoms in total. The molecule has 2 atom stereocenters. The van der Waals surface area contributed by atoms with Crippen molar-refractivity contribution < 1.29 is 8.42 Å². The molecule has 2 rings (SSSR count). The van der Waals surface area contributed by atoms with Gasteiger partial charge in [-0.15, -0.1) is 0 Å². The zero-order valence-electron chi connectivity index (χ0n) is 11.6. The Morgan fingerprint density at radius 3 is 2.44 bits per heavy atom. The van der Waals surface area contributed by atoms with E-state index < -0.39 is 10.0 Å². The molecule has 2 heterocycles. The first-order valence-corrected chi connectivity index (χ1v) is 8.80. The summed E-state index contributed by atoms with van der Waals surface area (Å²) < 4.78 is 26.7. The van der Waals surface area contributed by atoms with E-state index in [0.29, 0.717) is 17.6 Å². The molecule has 0 aromatic rings. The first kappa shape index (κ1) is 14.3. The van der Waals surface area contributed by atoms with Crippen molar-refractivity contribution in [3.8, 4) is 0 Å². The summed E-state index contributed by atoms with van der Waals surface area (Å²) in [4.78, 5) is 0. The third kappa shape index (κ3) is 3.45. The van der Waals surface area contributed by atoms with Gasteiger partial charge in [-0.3, -0.25) is 0 Å². The fourth-order valence-electron chi connectivity index (χ4n) is 3.24. The highest BCUT2D eigenvalue weighted by Crippen LogP contribution is 2.26. The molecule has 1 N–H and O–H groups in total. The third-order valence-corrected chi connectivity index (χ3v) is 6.49. The molecule has 2 fully saturated rings. The van der Waals surface area contributed by atoms with Gasteiger partial charge in [0.15, 0.2) is 0 Å². The van der Waals surface area contributed by atoms with E-state index in [9.17, 15) is 8.42 Å². The predicted molar refractivity (Wildman–Crippen MR) is 73.9 cm³/mol. The molecule has 0 bridgehead atoms. The molecular weight excluding hydrogens is 248 g/mol. The Morgan fingerprint density at radius 2 is 1.83 bits per heavy atom. The van der Waals surface area contributed by atoms with Crippen molar-refractivity contribution in [3.05, 3.63) is 0 Å². The van der Waals surface area contributed by atoms with E-state index in [1.807, 2.05) is 0 Å². The smallest absolute Gasteiger partial charge is 0.214 e. The summed E-state index contributed by atoms with van der Waals surface area (Å²) >= 11 is 0. The molecule has 0 spiro atoms. The SMILES string of the molecule is CC1CCN(S(=O)(=O)CC2CCNCC2)C(C)C1. The topological polar surface area (TPSA) is 49.4 Å². The van der Waals surface area contributed by atoms with Gasteiger partial charge < -0.3 is 5.32 Å². The molecule has 0 radical (unpaired) electrons. The van der Waals surface area contributed by atoms with Gasteiger partial charge >= 0.3 is 0 Å². The van der Waals surface area contributed by atoms with Gasteiger partial charge in [0, 0.05) is 12.6 Å². The van der Waals surface area contributed by atoms with E-state index in [2.05, 4.69) is 19.2 Å². The molecular formula is C13H26N2O2S. The Morgan fingerprint density at radius 1 is 1.17 bits per heavy atom. The number of nitrogens with zero attached hydrogens (tertiary/aromatic N) is 1. The second-order valence-corrected chi connectivity index (χ2v) is 8.03. The maximum atomic E-state index is 12.5. The number of sulfonamides is 1. The molecule has 106 valence electrons. The Labute approximate surface area is 111 Å². The first-order chi connectivity index (χ1) is 8.49. The highest BCUT2D eigenvalue weighted by atomic mass is 32.2. The second-order valence-electron chi connectivity index (χ2n) is 6.06. The molecule has 0 saturated carbocycles. The third-order valence-electron chi connectivity index (χ3n) is 4.34. The van der Waals surface area contributed by atoms with Crippen LogP contribution in [0.3, 0.4) is 0 Å². The minimum absolute atomic E-state index is 0.181. The van der Waals surface area contributed by atoms with Gasteiger partial charge in [-0.2, -0.15) is 4.31 Å². The van der Waals surface area contributed by atoms with Crippen molar-refractivity contribution in [2.75, 3.05) is 25.4 Å². The van der Waals surface area contributed by atoms with Crippen LogP contribution in [0.1, 0.15) is 39.5 Å². The quantitative estimate of drug-likeness (QED) is 0.847. The molecule has 5 heteroatoms. The first-order valence-electron chi connectivity index (χ1n) is 7.19. The van der Waals surface area contributed by atoms with Crippen LogP contribution in [0.15, 0.2) is 0 Å². The van der Waals surface area contributed by atoms with Crippen LogP contribution < -0.4 is 5.32 Å². The van der Waals surface area contributed by atoms with Gasteiger partial charge in [-0.25, -0.2) is 8.42 Å². The summed E-state index contributed by atoms with van der Waals surface area (Å²) in [6.45, 7) is 6.91. The van der Waals surface area contributed by atoms with Crippen molar-refractivity contribution in [1.82, 2.24) is 9.62 Å². The molecule has 2 aliphatic rings. The summed E-state index contributed by atoms with van der Waals surface area (Å²) in [5.74, 6) is 1.36. The van der Waals surface area contributed by atoms with Crippen LogP contribution in [0, 0.1) is 11.8 Å². The lowest BCUT2D eigenvalue weighted by molar-refractivity contribution is 0.218. The summed E-state index contributed by atoms with van der Waals surface area (Å²) in [6, 6.07) is 0.181. The van der Waals surface area contributed by atoms with E-state index in [1.165, 1.54) is 0 Å². The number of hydrogen-bond acceptors (Lipinski definition) is 3. The summed E-state index contributed by atoms with van der Waals surface area (Å²) in [7, 11) is -3.05. The lowest BCUT2D eigenvalue weighted by atomic mass is 9.95. The molecule has 0 amide bonds. The van der Waals surface area contributed by atoms with Crippen molar-refractivity contribution in [1.29, 1.82) is 0 Å². The molecule has 0 aromatic carbocycles. The van der Waals surface area contributed by atoms with Crippen molar-refractivity contribution in [3.63, 3.8) is 0 Å². The Hall–Kier alpha value is -0.130. The fraction of sp³-hybridized carbons (Fsp3) is 1.00. The number of nitrogens with one attached hydrogen (secondary N) is 1. The largest absolute Gasteiger partial charge is 0.317 e. The van der Waals surface area contributed by atoms with Crippen LogP contribution in [0.25, 0.3) is 0 Å². The van der Waals surface area contributed by atoms with Gasteiger partial charge in [0.05, 0.1) is 5.75 Å². The average Bonchev–Trinajstić information content (AvgIpc) is 2.29. The maximum absolute atomic E-state index is 12.5. The van der Waals surface area contributed by atoms with Crippen molar-refractivity contribution in [2.24, 2.45) is 11.8 Å². The lowest BCUT2D eigenvalue weighted by Crippen LogP contribution is -2.46. The molecule has 2 unspecified atom stereocenters. The van der Waals surface area contributed by atoms with E-state index >= 15 is 0 Å². The van der Waals surface area contributed by atoms with E-state index in [-0.39, 0.29) is 6.04 Å². The van der Waals surface area contributed by atoms with Crippen molar-refractivity contribution in [2.45, 2.75) is 45.6 Å². The highest BCUT2D eigenvalue weighted by Gasteiger charge is 2.33. The van der Waals surface area contributed by atoms with Gasteiger partial charge in [-0.05, 0) is 57.5 Å². The van der Waals surface area contributed by atoms with Crippen LogP contribution in [0.4, 0.5) is 0 Å². The summed E-state index contributed by atoms with van der Waals surface area (Å²) in [5.41, 5.74) is 0. The second kappa shape index (κ2) is 5.88. The molecule has 0 aliphatic carbocycles. The molecule has 0 aromatic heterocycles. The van der Waals surface area contributed by atoms with Gasteiger partial charge in [0.25, 0.3) is 0 Å². The molecule has 2 aliphatic heterocycles. The standard InChI is InChI=1S/C13H26N2O2S/c1-11-5-8-15(12(2)9-11)18(16,17)10-13-3-6-14-7-4-13/h11-14H,3-10H2,1-2H3. The molecule has 2 saturated heterocycles. The Bertz CT molecular complexity index is 363. The van der Waals surface area contributed by atoms with Crippen molar-refractivity contribution >= 4 is 10.0 Å². The van der Waals surface area contributed by atoms with Gasteiger partial charge in [0.2, 0.25) is 10.0 Å². The van der Waals surface area contributed by atoms with Crippen LogP contribution in [0.5, 0.6) is 0 Å². The summed E-state index contributed by atoms with van der Waals surface area (Å²) in [5, 5.41) is 3.29. The minimum atomic E-state index is -3.05.